The fourth-order valence-corrected chi connectivity index (χ4v) is 2.50. The van der Waals surface area contributed by atoms with Crippen LogP contribution in [0.15, 0.2) is 42.5 Å². The predicted molar refractivity (Wildman–Crippen MR) is 89.9 cm³/mol. The number of carboxylic acids is 1. The van der Waals surface area contributed by atoms with Gasteiger partial charge < -0.3 is 20.5 Å². The summed E-state index contributed by atoms with van der Waals surface area (Å²) in [5.41, 5.74) is 2.64. The van der Waals surface area contributed by atoms with Crippen molar-refractivity contribution in [1.82, 2.24) is 5.32 Å². The lowest BCUT2D eigenvalue weighted by molar-refractivity contribution is 0.0696. The molecule has 0 unspecified atom stereocenters. The van der Waals surface area contributed by atoms with Gasteiger partial charge >= 0.3 is 5.97 Å². The summed E-state index contributed by atoms with van der Waals surface area (Å²) in [5.74, 6) is -0.189. The highest BCUT2D eigenvalue weighted by Gasteiger charge is 2.13. The highest BCUT2D eigenvalue weighted by molar-refractivity contribution is 5.98. The van der Waals surface area contributed by atoms with E-state index in [-0.39, 0.29) is 17.9 Å². The molecule has 3 rings (SSSR count). The molecular formula is C18H18N2O4. The third-order valence-electron chi connectivity index (χ3n) is 3.79. The first-order chi connectivity index (χ1) is 11.6. The number of anilines is 1. The number of hydrogen-bond acceptors (Lipinski definition) is 5. The van der Waals surface area contributed by atoms with Crippen LogP contribution in [-0.4, -0.2) is 36.6 Å². The number of nitrogens with one attached hydrogen (secondary N) is 2. The van der Waals surface area contributed by atoms with Gasteiger partial charge in [0, 0.05) is 18.7 Å². The first-order valence-electron chi connectivity index (χ1n) is 7.70. The molecule has 3 N–H and O–H groups in total. The van der Waals surface area contributed by atoms with Crippen LogP contribution in [0.1, 0.15) is 26.3 Å². The van der Waals surface area contributed by atoms with Crippen LogP contribution in [0, 0.1) is 0 Å². The van der Waals surface area contributed by atoms with Gasteiger partial charge in [-0.05, 0) is 35.9 Å². The third-order valence-corrected chi connectivity index (χ3v) is 3.79. The van der Waals surface area contributed by atoms with Crippen molar-refractivity contribution in [2.24, 2.45) is 0 Å². The predicted octanol–water partition coefficient (Wildman–Crippen LogP) is 2.16. The van der Waals surface area contributed by atoms with Crippen LogP contribution in [0.4, 0.5) is 5.69 Å². The summed E-state index contributed by atoms with van der Waals surface area (Å²) in [4.78, 5) is 23.1. The van der Waals surface area contributed by atoms with Crippen molar-refractivity contribution in [3.8, 4) is 5.75 Å². The Morgan fingerprint density at radius 1 is 1.12 bits per heavy atom. The zero-order valence-corrected chi connectivity index (χ0v) is 13.0. The van der Waals surface area contributed by atoms with Crippen molar-refractivity contribution in [2.45, 2.75) is 6.54 Å². The first-order valence-corrected chi connectivity index (χ1v) is 7.70. The van der Waals surface area contributed by atoms with Gasteiger partial charge in [0.15, 0.2) is 5.78 Å². The number of aromatic carboxylic acids is 1. The monoisotopic (exact) mass is 326 g/mol. The second kappa shape index (κ2) is 7.14. The van der Waals surface area contributed by atoms with Crippen LogP contribution in [0.3, 0.4) is 0 Å². The van der Waals surface area contributed by atoms with Gasteiger partial charge in [-0.25, -0.2) is 4.79 Å². The Morgan fingerprint density at radius 3 is 2.62 bits per heavy atom. The van der Waals surface area contributed by atoms with Crippen LogP contribution >= 0.6 is 0 Å². The van der Waals surface area contributed by atoms with E-state index in [2.05, 4.69) is 10.6 Å². The number of carbonyl (C=O) groups is 2. The van der Waals surface area contributed by atoms with Gasteiger partial charge in [-0.1, -0.05) is 12.1 Å². The molecule has 2 aromatic rings. The Labute approximate surface area is 139 Å². The summed E-state index contributed by atoms with van der Waals surface area (Å²) >= 11 is 0. The van der Waals surface area contributed by atoms with Crippen LogP contribution < -0.4 is 15.4 Å². The molecule has 0 aromatic heterocycles. The molecule has 0 bridgehead atoms. The molecule has 1 heterocycles. The molecule has 0 saturated carbocycles. The Bertz CT molecular complexity index is 756. The summed E-state index contributed by atoms with van der Waals surface area (Å²) in [6, 6.07) is 12.0. The fraction of sp³-hybridized carbons (Fsp3) is 0.222. The number of ketones is 1. The second-order valence-electron chi connectivity index (χ2n) is 5.51. The van der Waals surface area contributed by atoms with E-state index in [9.17, 15) is 9.59 Å². The molecule has 6 heteroatoms. The van der Waals surface area contributed by atoms with Gasteiger partial charge in [-0.15, -0.1) is 0 Å². The number of Topliss-reactive ketones (excluding diaryl/α,β-unsaturated/α-hetero) is 1. The van der Waals surface area contributed by atoms with Crippen LogP contribution in [0.5, 0.6) is 5.75 Å². The normalized spacial score (nSPS) is 12.7. The number of carboxylic acid groups (broad SMARTS) is 1. The molecule has 1 aliphatic rings. The highest BCUT2D eigenvalue weighted by Crippen LogP contribution is 2.28. The molecule has 0 aliphatic carbocycles. The largest absolute Gasteiger partial charge is 0.490 e. The SMILES string of the molecule is O=C(O)c1ccc(CNCC(=O)c2ccc3c(c2)NCCO3)cc1. The first kappa shape index (κ1) is 16.0. The van der Waals surface area contributed by atoms with Gasteiger partial charge in [-0.2, -0.15) is 0 Å². The van der Waals surface area contributed by atoms with E-state index < -0.39 is 5.97 Å². The number of fused-ring (bicyclic) bond motifs is 1. The minimum Gasteiger partial charge on any atom is -0.490 e. The molecule has 0 atom stereocenters. The molecule has 0 amide bonds. The van der Waals surface area contributed by atoms with Gasteiger partial charge in [-0.3, -0.25) is 4.79 Å². The number of hydrogen-bond donors (Lipinski definition) is 3. The molecule has 0 saturated heterocycles. The van der Waals surface area contributed by atoms with E-state index in [0.29, 0.717) is 18.7 Å². The van der Waals surface area contributed by atoms with E-state index in [1.165, 1.54) is 0 Å². The number of rotatable bonds is 6. The molecule has 6 nitrogen and oxygen atoms in total. The van der Waals surface area contributed by atoms with Gasteiger partial charge in [0.05, 0.1) is 17.8 Å². The smallest absolute Gasteiger partial charge is 0.335 e. The maximum Gasteiger partial charge on any atom is 0.335 e. The molecular weight excluding hydrogens is 308 g/mol. The molecule has 124 valence electrons. The van der Waals surface area contributed by atoms with Gasteiger partial charge in [0.1, 0.15) is 12.4 Å². The van der Waals surface area contributed by atoms with Crippen molar-refractivity contribution >= 4 is 17.4 Å². The van der Waals surface area contributed by atoms with Crippen molar-refractivity contribution in [2.75, 3.05) is 25.0 Å². The van der Waals surface area contributed by atoms with E-state index >= 15 is 0 Å². The zero-order valence-electron chi connectivity index (χ0n) is 13.0. The molecule has 2 aromatic carbocycles. The van der Waals surface area contributed by atoms with E-state index in [0.717, 1.165) is 23.5 Å². The maximum atomic E-state index is 12.3. The molecule has 0 radical (unpaired) electrons. The third kappa shape index (κ3) is 3.72. The average Bonchev–Trinajstić information content (AvgIpc) is 2.61. The summed E-state index contributed by atoms with van der Waals surface area (Å²) in [7, 11) is 0. The highest BCUT2D eigenvalue weighted by atomic mass is 16.5. The van der Waals surface area contributed by atoms with E-state index in [1.54, 1.807) is 42.5 Å². The van der Waals surface area contributed by atoms with Crippen molar-refractivity contribution in [3.05, 3.63) is 59.2 Å². The molecule has 0 spiro atoms. The number of ether oxygens (including phenoxy) is 1. The lowest BCUT2D eigenvalue weighted by atomic mass is 10.1. The Morgan fingerprint density at radius 2 is 1.88 bits per heavy atom. The van der Waals surface area contributed by atoms with Crippen LogP contribution in [0.2, 0.25) is 0 Å². The lowest BCUT2D eigenvalue weighted by Gasteiger charge is -2.19. The summed E-state index contributed by atoms with van der Waals surface area (Å²) in [5, 5.41) is 15.1. The number of carbonyl (C=O) groups excluding carboxylic acids is 1. The summed E-state index contributed by atoms with van der Waals surface area (Å²) in [6.07, 6.45) is 0. The van der Waals surface area contributed by atoms with Crippen molar-refractivity contribution < 1.29 is 19.4 Å². The average molecular weight is 326 g/mol. The quantitative estimate of drug-likeness (QED) is 0.705. The Balaban J connectivity index is 1.54. The second-order valence-corrected chi connectivity index (χ2v) is 5.51. The maximum absolute atomic E-state index is 12.3. The van der Waals surface area contributed by atoms with E-state index in [1.807, 2.05) is 0 Å². The fourth-order valence-electron chi connectivity index (χ4n) is 2.50. The molecule has 0 fully saturated rings. The van der Waals surface area contributed by atoms with Crippen molar-refractivity contribution in [1.29, 1.82) is 0 Å². The number of benzene rings is 2. The zero-order chi connectivity index (χ0) is 16.9. The van der Waals surface area contributed by atoms with Gasteiger partial charge in [0.25, 0.3) is 0 Å². The summed E-state index contributed by atoms with van der Waals surface area (Å²) in [6.45, 7) is 2.07. The standard InChI is InChI=1S/C18H18N2O4/c21-16(14-5-6-17-15(9-14)20-7-8-24-17)11-19-10-12-1-3-13(4-2-12)18(22)23/h1-6,9,19-20H,7-8,10-11H2,(H,22,23). The van der Waals surface area contributed by atoms with Gasteiger partial charge in [0.2, 0.25) is 0 Å². The molecule has 24 heavy (non-hydrogen) atoms. The van der Waals surface area contributed by atoms with Crippen LogP contribution in [0.25, 0.3) is 0 Å². The van der Waals surface area contributed by atoms with Crippen LogP contribution in [-0.2, 0) is 6.54 Å². The summed E-state index contributed by atoms with van der Waals surface area (Å²) < 4.78 is 5.49. The Kier molecular flexibility index (Phi) is 4.77. The van der Waals surface area contributed by atoms with E-state index in [4.69, 9.17) is 9.84 Å². The minimum atomic E-state index is -0.949. The Hall–Kier alpha value is -2.86. The molecule has 1 aliphatic heterocycles. The van der Waals surface area contributed by atoms with Crippen molar-refractivity contribution in [3.63, 3.8) is 0 Å². The minimum absolute atomic E-state index is 0.00710. The topological polar surface area (TPSA) is 87.7 Å². The lowest BCUT2D eigenvalue weighted by Crippen LogP contribution is -2.23.